The van der Waals surface area contributed by atoms with E-state index < -0.39 is 5.97 Å². The molecule has 0 aromatic heterocycles. The topological polar surface area (TPSA) is 52.9 Å². The Kier molecular flexibility index (Phi) is 5.10. The molecule has 94 valence electrons. The molecule has 0 radical (unpaired) electrons. The standard InChI is InChI=1S/C13H20N2O2/c1-10(2)14-8-11(3)9-15-6-4-12(5-7-15)13(16)17/h8,12H,1,3-7,9H2,2H3,(H,16,17). The highest BCUT2D eigenvalue weighted by atomic mass is 16.4. The molecule has 0 saturated carbocycles. The number of carboxylic acids is 1. The van der Waals surface area contributed by atoms with E-state index in [1.54, 1.807) is 6.21 Å². The lowest BCUT2D eigenvalue weighted by Gasteiger charge is -2.29. The van der Waals surface area contributed by atoms with Crippen LogP contribution < -0.4 is 0 Å². The molecule has 17 heavy (non-hydrogen) atoms. The molecule has 1 rings (SSSR count). The van der Waals surface area contributed by atoms with Crippen molar-refractivity contribution in [2.24, 2.45) is 10.9 Å². The van der Waals surface area contributed by atoms with Gasteiger partial charge in [-0.05, 0) is 38.4 Å². The SMILES string of the molecule is C=C(C=NC(=C)C)CN1CCC(C(=O)O)CC1. The molecule has 0 aliphatic carbocycles. The molecule has 0 spiro atoms. The number of hydrogen-bond donors (Lipinski definition) is 1. The quantitative estimate of drug-likeness (QED) is 0.742. The van der Waals surface area contributed by atoms with Gasteiger partial charge in [-0.25, -0.2) is 0 Å². The van der Waals surface area contributed by atoms with E-state index in [1.807, 2.05) is 6.92 Å². The average molecular weight is 236 g/mol. The Hall–Kier alpha value is -1.42. The molecule has 0 unspecified atom stereocenters. The van der Waals surface area contributed by atoms with Crippen LogP contribution in [0.3, 0.4) is 0 Å². The van der Waals surface area contributed by atoms with Crippen LogP contribution >= 0.6 is 0 Å². The molecule has 1 heterocycles. The molecule has 0 amide bonds. The highest BCUT2D eigenvalue weighted by Gasteiger charge is 2.24. The molecular weight excluding hydrogens is 216 g/mol. The van der Waals surface area contributed by atoms with Crippen LogP contribution in [0.2, 0.25) is 0 Å². The third-order valence-corrected chi connectivity index (χ3v) is 2.83. The first-order valence-corrected chi connectivity index (χ1v) is 5.81. The average Bonchev–Trinajstić information content (AvgIpc) is 2.27. The number of piperidine rings is 1. The van der Waals surface area contributed by atoms with Crippen LogP contribution in [0.15, 0.2) is 29.4 Å². The molecule has 0 aromatic rings. The lowest BCUT2D eigenvalue weighted by molar-refractivity contribution is -0.143. The number of aliphatic imine (C=N–C) groups is 1. The Morgan fingerprint density at radius 2 is 2.06 bits per heavy atom. The van der Waals surface area contributed by atoms with Crippen LogP contribution in [0.1, 0.15) is 19.8 Å². The normalized spacial score (nSPS) is 18.4. The van der Waals surface area contributed by atoms with Crippen molar-refractivity contribution in [2.75, 3.05) is 19.6 Å². The smallest absolute Gasteiger partial charge is 0.306 e. The van der Waals surface area contributed by atoms with Crippen molar-refractivity contribution >= 4 is 12.2 Å². The monoisotopic (exact) mass is 236 g/mol. The number of rotatable bonds is 5. The minimum Gasteiger partial charge on any atom is -0.481 e. The summed E-state index contributed by atoms with van der Waals surface area (Å²) < 4.78 is 0. The highest BCUT2D eigenvalue weighted by molar-refractivity contribution is 5.78. The van der Waals surface area contributed by atoms with Gasteiger partial charge in [0.25, 0.3) is 0 Å². The van der Waals surface area contributed by atoms with Crippen LogP contribution in [-0.4, -0.2) is 41.8 Å². The summed E-state index contributed by atoms with van der Waals surface area (Å²) in [4.78, 5) is 17.1. The Labute approximate surface area is 102 Å². The minimum absolute atomic E-state index is 0.177. The fourth-order valence-electron chi connectivity index (χ4n) is 1.87. The van der Waals surface area contributed by atoms with E-state index in [0.717, 1.165) is 43.7 Å². The first-order chi connectivity index (χ1) is 7.99. The summed E-state index contributed by atoms with van der Waals surface area (Å²) in [6.07, 6.45) is 3.17. The summed E-state index contributed by atoms with van der Waals surface area (Å²) in [6.45, 7) is 11.8. The second-order valence-corrected chi connectivity index (χ2v) is 4.54. The van der Waals surface area contributed by atoms with E-state index in [0.29, 0.717) is 0 Å². The second kappa shape index (κ2) is 6.35. The number of aliphatic carboxylic acids is 1. The second-order valence-electron chi connectivity index (χ2n) is 4.54. The van der Waals surface area contributed by atoms with E-state index >= 15 is 0 Å². The predicted octanol–water partition coefficient (Wildman–Crippen LogP) is 1.94. The number of likely N-dealkylation sites (tertiary alicyclic amines) is 1. The lowest BCUT2D eigenvalue weighted by atomic mass is 9.97. The summed E-state index contributed by atoms with van der Waals surface area (Å²) in [5, 5.41) is 8.88. The summed E-state index contributed by atoms with van der Waals surface area (Å²) in [6, 6.07) is 0. The van der Waals surface area contributed by atoms with Crippen molar-refractivity contribution in [3.8, 4) is 0 Å². The lowest BCUT2D eigenvalue weighted by Crippen LogP contribution is -2.37. The highest BCUT2D eigenvalue weighted by Crippen LogP contribution is 2.17. The van der Waals surface area contributed by atoms with Gasteiger partial charge in [0, 0.05) is 18.5 Å². The Morgan fingerprint density at radius 1 is 1.47 bits per heavy atom. The van der Waals surface area contributed by atoms with E-state index in [4.69, 9.17) is 5.11 Å². The summed E-state index contributed by atoms with van der Waals surface area (Å²) in [7, 11) is 0. The van der Waals surface area contributed by atoms with Crippen LogP contribution in [0.4, 0.5) is 0 Å². The van der Waals surface area contributed by atoms with Crippen molar-refractivity contribution in [3.63, 3.8) is 0 Å². The van der Waals surface area contributed by atoms with Gasteiger partial charge in [-0.3, -0.25) is 14.7 Å². The molecule has 1 fully saturated rings. The van der Waals surface area contributed by atoms with Gasteiger partial charge < -0.3 is 5.11 Å². The Balaban J connectivity index is 2.33. The van der Waals surface area contributed by atoms with Crippen LogP contribution in [0.5, 0.6) is 0 Å². The maximum absolute atomic E-state index is 10.8. The Morgan fingerprint density at radius 3 is 2.53 bits per heavy atom. The van der Waals surface area contributed by atoms with Gasteiger partial charge in [-0.2, -0.15) is 0 Å². The van der Waals surface area contributed by atoms with Gasteiger partial charge >= 0.3 is 5.97 Å². The van der Waals surface area contributed by atoms with Crippen molar-refractivity contribution < 1.29 is 9.90 Å². The van der Waals surface area contributed by atoms with Crippen molar-refractivity contribution in [1.82, 2.24) is 4.90 Å². The zero-order valence-electron chi connectivity index (χ0n) is 10.4. The van der Waals surface area contributed by atoms with Crippen LogP contribution in [0, 0.1) is 5.92 Å². The van der Waals surface area contributed by atoms with Crippen LogP contribution in [-0.2, 0) is 4.79 Å². The molecule has 4 heteroatoms. The maximum atomic E-state index is 10.8. The molecule has 4 nitrogen and oxygen atoms in total. The van der Waals surface area contributed by atoms with Gasteiger partial charge in [0.2, 0.25) is 0 Å². The van der Waals surface area contributed by atoms with E-state index in [2.05, 4.69) is 23.1 Å². The van der Waals surface area contributed by atoms with Gasteiger partial charge in [0.15, 0.2) is 0 Å². The largest absolute Gasteiger partial charge is 0.481 e. The number of allylic oxidation sites excluding steroid dienone is 1. The number of hydrogen-bond acceptors (Lipinski definition) is 3. The molecule has 0 aromatic carbocycles. The number of carbonyl (C=O) groups is 1. The minimum atomic E-state index is -0.674. The fraction of sp³-hybridized carbons (Fsp3) is 0.538. The first kappa shape index (κ1) is 13.6. The van der Waals surface area contributed by atoms with Crippen LogP contribution in [0.25, 0.3) is 0 Å². The van der Waals surface area contributed by atoms with E-state index in [-0.39, 0.29) is 5.92 Å². The molecule has 1 saturated heterocycles. The van der Waals surface area contributed by atoms with Gasteiger partial charge in [-0.1, -0.05) is 13.2 Å². The van der Waals surface area contributed by atoms with Crippen molar-refractivity contribution in [3.05, 3.63) is 24.4 Å². The molecule has 0 bridgehead atoms. The molecular formula is C13H20N2O2. The van der Waals surface area contributed by atoms with Gasteiger partial charge in [0.05, 0.1) is 5.92 Å². The maximum Gasteiger partial charge on any atom is 0.306 e. The molecule has 0 atom stereocenters. The van der Waals surface area contributed by atoms with Gasteiger partial charge in [-0.15, -0.1) is 0 Å². The Bertz CT molecular complexity index is 339. The summed E-state index contributed by atoms with van der Waals surface area (Å²) in [5.41, 5.74) is 1.69. The molecule has 1 aliphatic heterocycles. The van der Waals surface area contributed by atoms with Gasteiger partial charge in [0.1, 0.15) is 0 Å². The molecule has 1 aliphatic rings. The molecule has 1 N–H and O–H groups in total. The van der Waals surface area contributed by atoms with E-state index in [9.17, 15) is 4.79 Å². The van der Waals surface area contributed by atoms with E-state index in [1.165, 1.54) is 0 Å². The first-order valence-electron chi connectivity index (χ1n) is 5.81. The fourth-order valence-corrected chi connectivity index (χ4v) is 1.87. The van der Waals surface area contributed by atoms with Crippen molar-refractivity contribution in [1.29, 1.82) is 0 Å². The summed E-state index contributed by atoms with van der Waals surface area (Å²) in [5.74, 6) is -0.851. The number of nitrogens with zero attached hydrogens (tertiary/aromatic N) is 2. The summed E-state index contributed by atoms with van der Waals surface area (Å²) >= 11 is 0. The zero-order chi connectivity index (χ0) is 12.8. The van der Waals surface area contributed by atoms with Crippen molar-refractivity contribution in [2.45, 2.75) is 19.8 Å². The third kappa shape index (κ3) is 4.95. The predicted molar refractivity (Wildman–Crippen MR) is 69.2 cm³/mol. The third-order valence-electron chi connectivity index (χ3n) is 2.83. The zero-order valence-corrected chi connectivity index (χ0v) is 10.4. The number of carboxylic acid groups (broad SMARTS) is 1.